The SMILES string of the molecule is CCC(C)NC(=O)Cn1c(=O)ccn(Cc2ccccc2)c1=O. The first-order chi connectivity index (χ1) is 11.0. The second-order valence-corrected chi connectivity index (χ2v) is 5.51. The normalized spacial score (nSPS) is 11.9. The zero-order valence-electron chi connectivity index (χ0n) is 13.4. The summed E-state index contributed by atoms with van der Waals surface area (Å²) < 4.78 is 2.38. The van der Waals surface area contributed by atoms with Gasteiger partial charge in [-0.1, -0.05) is 37.3 Å². The number of carbonyl (C=O) groups is 1. The van der Waals surface area contributed by atoms with Crippen LogP contribution < -0.4 is 16.6 Å². The molecule has 1 aromatic carbocycles. The van der Waals surface area contributed by atoms with Gasteiger partial charge in [0.15, 0.2) is 0 Å². The molecule has 1 atom stereocenters. The first kappa shape index (κ1) is 16.7. The first-order valence-electron chi connectivity index (χ1n) is 7.65. The summed E-state index contributed by atoms with van der Waals surface area (Å²) in [5.41, 5.74) is -0.0110. The third-order valence-electron chi connectivity index (χ3n) is 3.66. The predicted molar refractivity (Wildman–Crippen MR) is 88.4 cm³/mol. The van der Waals surface area contributed by atoms with Crippen LogP contribution in [-0.2, 0) is 17.9 Å². The number of aromatic nitrogens is 2. The molecule has 1 heterocycles. The van der Waals surface area contributed by atoms with Gasteiger partial charge in [-0.15, -0.1) is 0 Å². The molecule has 0 saturated heterocycles. The highest BCUT2D eigenvalue weighted by molar-refractivity contribution is 5.75. The van der Waals surface area contributed by atoms with E-state index in [0.717, 1.165) is 16.6 Å². The van der Waals surface area contributed by atoms with Crippen LogP contribution in [0.25, 0.3) is 0 Å². The molecule has 6 nitrogen and oxygen atoms in total. The van der Waals surface area contributed by atoms with Crippen LogP contribution in [0.4, 0.5) is 0 Å². The van der Waals surface area contributed by atoms with Crippen LogP contribution in [0.3, 0.4) is 0 Å². The zero-order chi connectivity index (χ0) is 16.8. The standard InChI is InChI=1S/C17H21N3O3/c1-3-13(2)18-15(21)12-20-16(22)9-10-19(17(20)23)11-14-7-5-4-6-8-14/h4-10,13H,3,11-12H2,1-2H3,(H,18,21). The van der Waals surface area contributed by atoms with E-state index in [1.165, 1.54) is 16.8 Å². The molecule has 0 aliphatic heterocycles. The number of benzene rings is 1. The fourth-order valence-corrected chi connectivity index (χ4v) is 2.17. The molecule has 1 aromatic heterocycles. The van der Waals surface area contributed by atoms with Crippen molar-refractivity contribution in [3.8, 4) is 0 Å². The molecule has 0 radical (unpaired) electrons. The molecule has 0 aliphatic rings. The molecule has 23 heavy (non-hydrogen) atoms. The van der Waals surface area contributed by atoms with Crippen molar-refractivity contribution in [2.75, 3.05) is 0 Å². The van der Waals surface area contributed by atoms with Crippen LogP contribution in [0.5, 0.6) is 0 Å². The molecule has 1 N–H and O–H groups in total. The van der Waals surface area contributed by atoms with E-state index in [-0.39, 0.29) is 18.5 Å². The Bertz CT molecular complexity index is 778. The lowest BCUT2D eigenvalue weighted by atomic mass is 10.2. The van der Waals surface area contributed by atoms with Crippen molar-refractivity contribution >= 4 is 5.91 Å². The number of rotatable bonds is 6. The van der Waals surface area contributed by atoms with Crippen LogP contribution in [0.1, 0.15) is 25.8 Å². The fraction of sp³-hybridized carbons (Fsp3) is 0.353. The highest BCUT2D eigenvalue weighted by atomic mass is 16.2. The highest BCUT2D eigenvalue weighted by Crippen LogP contribution is 1.99. The number of hydrogen-bond donors (Lipinski definition) is 1. The van der Waals surface area contributed by atoms with Gasteiger partial charge in [-0.3, -0.25) is 18.7 Å². The molecule has 0 bridgehead atoms. The monoisotopic (exact) mass is 315 g/mol. The number of nitrogens with zero attached hydrogens (tertiary/aromatic N) is 2. The van der Waals surface area contributed by atoms with Gasteiger partial charge in [-0.25, -0.2) is 4.79 Å². The maximum absolute atomic E-state index is 12.4. The number of amides is 1. The van der Waals surface area contributed by atoms with Crippen LogP contribution >= 0.6 is 0 Å². The van der Waals surface area contributed by atoms with E-state index < -0.39 is 11.2 Å². The first-order valence-corrected chi connectivity index (χ1v) is 7.65. The summed E-state index contributed by atoms with van der Waals surface area (Å²) in [7, 11) is 0. The maximum Gasteiger partial charge on any atom is 0.331 e. The lowest BCUT2D eigenvalue weighted by Gasteiger charge is -2.13. The average Bonchev–Trinajstić information content (AvgIpc) is 2.55. The second-order valence-electron chi connectivity index (χ2n) is 5.51. The minimum absolute atomic E-state index is 0.00783. The smallest absolute Gasteiger partial charge is 0.331 e. The number of hydrogen-bond acceptors (Lipinski definition) is 3. The Hall–Kier alpha value is -2.63. The van der Waals surface area contributed by atoms with Gasteiger partial charge in [0.1, 0.15) is 6.54 Å². The van der Waals surface area contributed by atoms with E-state index in [9.17, 15) is 14.4 Å². The Kier molecular flexibility index (Phi) is 5.51. The van der Waals surface area contributed by atoms with E-state index in [1.54, 1.807) is 0 Å². The Labute approximate surface area is 134 Å². The molecule has 2 rings (SSSR count). The van der Waals surface area contributed by atoms with Gasteiger partial charge in [-0.2, -0.15) is 0 Å². The van der Waals surface area contributed by atoms with E-state index in [2.05, 4.69) is 5.32 Å². The Morgan fingerprint density at radius 2 is 1.87 bits per heavy atom. The summed E-state index contributed by atoms with van der Waals surface area (Å²) in [6.45, 7) is 3.91. The largest absolute Gasteiger partial charge is 0.352 e. The molecule has 2 aromatic rings. The van der Waals surface area contributed by atoms with Crippen LogP contribution in [-0.4, -0.2) is 21.1 Å². The van der Waals surface area contributed by atoms with Crippen LogP contribution in [0, 0.1) is 0 Å². The molecule has 0 fully saturated rings. The van der Waals surface area contributed by atoms with Gasteiger partial charge in [0.05, 0.1) is 6.54 Å². The van der Waals surface area contributed by atoms with E-state index in [0.29, 0.717) is 6.54 Å². The molecule has 1 amide bonds. The summed E-state index contributed by atoms with van der Waals surface area (Å²) >= 11 is 0. The Morgan fingerprint density at radius 1 is 1.17 bits per heavy atom. The van der Waals surface area contributed by atoms with Crippen LogP contribution in [0.15, 0.2) is 52.2 Å². The molecule has 6 heteroatoms. The lowest BCUT2D eigenvalue weighted by molar-refractivity contribution is -0.122. The summed E-state index contributed by atoms with van der Waals surface area (Å²) in [5, 5.41) is 2.75. The molecule has 0 spiro atoms. The van der Waals surface area contributed by atoms with Gasteiger partial charge in [0.2, 0.25) is 5.91 Å². The molecular weight excluding hydrogens is 294 g/mol. The van der Waals surface area contributed by atoms with Crippen molar-refractivity contribution in [2.24, 2.45) is 0 Å². The summed E-state index contributed by atoms with van der Waals surface area (Å²) in [6.07, 6.45) is 2.24. The highest BCUT2D eigenvalue weighted by Gasteiger charge is 2.11. The van der Waals surface area contributed by atoms with Crippen molar-refractivity contribution in [3.05, 3.63) is 69.0 Å². The molecule has 1 unspecified atom stereocenters. The molecule has 122 valence electrons. The zero-order valence-corrected chi connectivity index (χ0v) is 13.4. The minimum atomic E-state index is -0.486. The van der Waals surface area contributed by atoms with Crippen molar-refractivity contribution < 1.29 is 4.79 Å². The van der Waals surface area contributed by atoms with Crippen molar-refractivity contribution in [3.63, 3.8) is 0 Å². The number of nitrogens with one attached hydrogen (secondary N) is 1. The van der Waals surface area contributed by atoms with Gasteiger partial charge in [-0.05, 0) is 18.9 Å². The van der Waals surface area contributed by atoms with E-state index in [4.69, 9.17) is 0 Å². The molecule has 0 saturated carbocycles. The van der Waals surface area contributed by atoms with E-state index >= 15 is 0 Å². The summed E-state index contributed by atoms with van der Waals surface area (Å²) in [4.78, 5) is 36.3. The third-order valence-corrected chi connectivity index (χ3v) is 3.66. The quantitative estimate of drug-likeness (QED) is 0.863. The van der Waals surface area contributed by atoms with Gasteiger partial charge < -0.3 is 5.32 Å². The maximum atomic E-state index is 12.4. The second kappa shape index (κ2) is 7.58. The minimum Gasteiger partial charge on any atom is -0.352 e. The summed E-state index contributed by atoms with van der Waals surface area (Å²) in [5.74, 6) is -0.337. The lowest BCUT2D eigenvalue weighted by Crippen LogP contribution is -2.44. The van der Waals surface area contributed by atoms with Crippen molar-refractivity contribution in [1.29, 1.82) is 0 Å². The van der Waals surface area contributed by atoms with Crippen molar-refractivity contribution in [2.45, 2.75) is 39.4 Å². The Balaban J connectivity index is 2.23. The topological polar surface area (TPSA) is 73.1 Å². The van der Waals surface area contributed by atoms with Gasteiger partial charge >= 0.3 is 5.69 Å². The Morgan fingerprint density at radius 3 is 2.52 bits per heavy atom. The van der Waals surface area contributed by atoms with Gasteiger partial charge in [0, 0.05) is 18.3 Å². The molecule has 0 aliphatic carbocycles. The number of carbonyl (C=O) groups excluding carboxylic acids is 1. The van der Waals surface area contributed by atoms with E-state index in [1.807, 2.05) is 44.2 Å². The molecular formula is C17H21N3O3. The average molecular weight is 315 g/mol. The third kappa shape index (κ3) is 4.42. The van der Waals surface area contributed by atoms with Crippen LogP contribution in [0.2, 0.25) is 0 Å². The summed E-state index contributed by atoms with van der Waals surface area (Å²) in [6, 6.07) is 10.8. The predicted octanol–water partition coefficient (Wildman–Crippen LogP) is 0.973. The van der Waals surface area contributed by atoms with Crippen molar-refractivity contribution in [1.82, 2.24) is 14.5 Å². The fourth-order valence-electron chi connectivity index (χ4n) is 2.17. The van der Waals surface area contributed by atoms with Gasteiger partial charge in [0.25, 0.3) is 5.56 Å².